The van der Waals surface area contributed by atoms with Gasteiger partial charge in [-0.05, 0) is 29.8 Å². The lowest BCUT2D eigenvalue weighted by atomic mass is 10.0. The molecular weight excluding hydrogens is 374 g/mol. The Morgan fingerprint density at radius 3 is 2.64 bits per heavy atom. The van der Waals surface area contributed by atoms with Gasteiger partial charge in [-0.1, -0.05) is 38.1 Å². The van der Waals surface area contributed by atoms with Crippen molar-refractivity contribution in [2.75, 3.05) is 11.1 Å². The van der Waals surface area contributed by atoms with Crippen molar-refractivity contribution in [3.63, 3.8) is 0 Å². The maximum absolute atomic E-state index is 11.4. The molecule has 0 unspecified atom stereocenters. The molecule has 0 saturated carbocycles. The number of nitrogens with zero attached hydrogens (tertiary/aromatic N) is 1. The number of hydrogen-bond acceptors (Lipinski definition) is 5. The van der Waals surface area contributed by atoms with E-state index in [1.807, 2.05) is 5.38 Å². The summed E-state index contributed by atoms with van der Waals surface area (Å²) in [6.07, 6.45) is 1.60. The van der Waals surface area contributed by atoms with Gasteiger partial charge in [-0.2, -0.15) is 0 Å². The lowest BCUT2D eigenvalue weighted by Crippen LogP contribution is -2.38. The van der Waals surface area contributed by atoms with Crippen molar-refractivity contribution >= 4 is 43.6 Å². The number of aromatic nitrogens is 1. The fourth-order valence-corrected chi connectivity index (χ4v) is 4.74. The molecule has 2 aromatic rings. The van der Waals surface area contributed by atoms with Crippen LogP contribution in [-0.2, 0) is 9.84 Å². The molecule has 0 amide bonds. The van der Waals surface area contributed by atoms with Crippen LogP contribution in [0.15, 0.2) is 41.1 Å². The van der Waals surface area contributed by atoms with E-state index in [1.54, 1.807) is 6.08 Å². The SMILES string of the molecule is CC(C)c1ccc(-c2csc(NC(=S)N[C@@H]3C=CS(=O)(=O)C3)n2)cc1. The summed E-state index contributed by atoms with van der Waals surface area (Å²) in [7, 11) is -3.10. The second-order valence-electron chi connectivity index (χ2n) is 6.18. The van der Waals surface area contributed by atoms with Gasteiger partial charge < -0.3 is 10.6 Å². The molecule has 8 heteroatoms. The molecule has 5 nitrogen and oxygen atoms in total. The minimum atomic E-state index is -3.10. The van der Waals surface area contributed by atoms with Gasteiger partial charge in [0.2, 0.25) is 0 Å². The topological polar surface area (TPSA) is 71.1 Å². The molecule has 0 spiro atoms. The maximum Gasteiger partial charge on any atom is 0.189 e. The minimum absolute atomic E-state index is 0.0279. The summed E-state index contributed by atoms with van der Waals surface area (Å²) < 4.78 is 22.8. The average molecular weight is 394 g/mol. The highest BCUT2D eigenvalue weighted by molar-refractivity contribution is 7.94. The van der Waals surface area contributed by atoms with E-state index in [4.69, 9.17) is 12.2 Å². The average Bonchev–Trinajstić information content (AvgIpc) is 3.13. The Balaban J connectivity index is 1.61. The number of thiocarbonyl (C=S) groups is 1. The van der Waals surface area contributed by atoms with Gasteiger partial charge >= 0.3 is 0 Å². The number of nitrogens with one attached hydrogen (secondary N) is 2. The predicted octanol–water partition coefficient (Wildman–Crippen LogP) is 3.53. The van der Waals surface area contributed by atoms with E-state index in [9.17, 15) is 8.42 Å². The van der Waals surface area contributed by atoms with Crippen molar-refractivity contribution in [3.8, 4) is 11.3 Å². The first-order valence-corrected chi connectivity index (χ1v) is 10.9. The largest absolute Gasteiger partial charge is 0.355 e. The van der Waals surface area contributed by atoms with Crippen LogP contribution in [0.3, 0.4) is 0 Å². The predicted molar refractivity (Wildman–Crippen MR) is 108 cm³/mol. The van der Waals surface area contributed by atoms with Crippen LogP contribution in [-0.4, -0.2) is 30.3 Å². The molecule has 2 heterocycles. The minimum Gasteiger partial charge on any atom is -0.355 e. The van der Waals surface area contributed by atoms with E-state index in [2.05, 4.69) is 53.7 Å². The molecule has 0 radical (unpaired) electrons. The van der Waals surface area contributed by atoms with Crippen LogP contribution in [0, 0.1) is 0 Å². The van der Waals surface area contributed by atoms with Crippen LogP contribution in [0.1, 0.15) is 25.3 Å². The molecule has 1 aliphatic rings. The van der Waals surface area contributed by atoms with Gasteiger partial charge in [0.15, 0.2) is 20.1 Å². The highest BCUT2D eigenvalue weighted by Crippen LogP contribution is 2.26. The summed E-state index contributed by atoms with van der Waals surface area (Å²) >= 11 is 6.69. The van der Waals surface area contributed by atoms with Crippen LogP contribution in [0.2, 0.25) is 0 Å². The summed E-state index contributed by atoms with van der Waals surface area (Å²) in [5.74, 6) is 0.527. The summed E-state index contributed by atoms with van der Waals surface area (Å²) in [4.78, 5) is 4.54. The zero-order valence-electron chi connectivity index (χ0n) is 13.9. The van der Waals surface area contributed by atoms with Gasteiger partial charge in [-0.25, -0.2) is 13.4 Å². The van der Waals surface area contributed by atoms with Crippen molar-refractivity contribution in [1.29, 1.82) is 0 Å². The van der Waals surface area contributed by atoms with Gasteiger partial charge in [-0.15, -0.1) is 11.3 Å². The fourth-order valence-electron chi connectivity index (χ4n) is 2.47. The molecule has 0 fully saturated rings. The molecule has 0 aliphatic carbocycles. The van der Waals surface area contributed by atoms with Gasteiger partial charge in [0.25, 0.3) is 0 Å². The van der Waals surface area contributed by atoms with Crippen LogP contribution in [0.5, 0.6) is 0 Å². The third-order valence-corrected chi connectivity index (χ3v) is 6.22. The Bertz CT molecular complexity index is 899. The Labute approximate surface area is 157 Å². The van der Waals surface area contributed by atoms with E-state index in [0.717, 1.165) is 11.3 Å². The maximum atomic E-state index is 11.4. The first-order chi connectivity index (χ1) is 11.8. The van der Waals surface area contributed by atoms with Crippen LogP contribution >= 0.6 is 23.6 Å². The Kier molecular flexibility index (Phi) is 5.21. The molecule has 25 heavy (non-hydrogen) atoms. The number of sulfone groups is 1. The normalized spacial score (nSPS) is 18.4. The highest BCUT2D eigenvalue weighted by Gasteiger charge is 2.22. The summed E-state index contributed by atoms with van der Waals surface area (Å²) in [6, 6.07) is 8.07. The fraction of sp³-hybridized carbons (Fsp3) is 0.294. The number of benzene rings is 1. The van der Waals surface area contributed by atoms with E-state index in [0.29, 0.717) is 16.2 Å². The standard InChI is InChI=1S/C17H19N3O2S3/c1-11(2)12-3-5-13(6-4-12)15-9-24-17(19-15)20-16(23)18-14-7-8-25(21,22)10-14/h3-9,11,14H,10H2,1-2H3,(H2,18,19,20,23)/t14-/m1/s1. The number of thiazole rings is 1. The zero-order chi connectivity index (χ0) is 18.0. The Morgan fingerprint density at radius 2 is 2.04 bits per heavy atom. The van der Waals surface area contributed by atoms with Crippen molar-refractivity contribution in [2.24, 2.45) is 0 Å². The van der Waals surface area contributed by atoms with Crippen LogP contribution in [0.4, 0.5) is 5.13 Å². The van der Waals surface area contributed by atoms with Gasteiger partial charge in [-0.3, -0.25) is 0 Å². The number of anilines is 1. The second-order valence-corrected chi connectivity index (χ2v) is 9.38. The third kappa shape index (κ3) is 4.65. The van der Waals surface area contributed by atoms with Crippen molar-refractivity contribution in [1.82, 2.24) is 10.3 Å². The van der Waals surface area contributed by atoms with E-state index in [1.165, 1.54) is 22.3 Å². The third-order valence-electron chi connectivity index (χ3n) is 3.84. The zero-order valence-corrected chi connectivity index (χ0v) is 16.3. The van der Waals surface area contributed by atoms with Gasteiger partial charge in [0.05, 0.1) is 17.5 Å². The molecule has 2 N–H and O–H groups in total. The molecule has 1 aromatic carbocycles. The van der Waals surface area contributed by atoms with Crippen molar-refractivity contribution < 1.29 is 8.42 Å². The van der Waals surface area contributed by atoms with Crippen LogP contribution in [0.25, 0.3) is 11.3 Å². The Morgan fingerprint density at radius 1 is 1.32 bits per heavy atom. The number of hydrogen-bond donors (Lipinski definition) is 2. The van der Waals surface area contributed by atoms with E-state index >= 15 is 0 Å². The first-order valence-electron chi connectivity index (χ1n) is 7.87. The molecule has 1 atom stereocenters. The first kappa shape index (κ1) is 18.0. The van der Waals surface area contributed by atoms with Gasteiger partial charge in [0, 0.05) is 16.4 Å². The number of rotatable bonds is 4. The smallest absolute Gasteiger partial charge is 0.189 e. The molecular formula is C17H19N3O2S3. The van der Waals surface area contributed by atoms with Crippen LogP contribution < -0.4 is 10.6 Å². The molecule has 1 aromatic heterocycles. The quantitative estimate of drug-likeness (QED) is 0.775. The lowest BCUT2D eigenvalue weighted by Gasteiger charge is -2.12. The van der Waals surface area contributed by atoms with Crippen molar-refractivity contribution in [3.05, 3.63) is 46.7 Å². The van der Waals surface area contributed by atoms with E-state index in [-0.39, 0.29) is 11.8 Å². The summed E-state index contributed by atoms with van der Waals surface area (Å²) in [5.41, 5.74) is 3.23. The van der Waals surface area contributed by atoms with Crippen molar-refractivity contribution in [2.45, 2.75) is 25.8 Å². The monoisotopic (exact) mass is 393 g/mol. The second kappa shape index (κ2) is 7.23. The molecule has 0 bridgehead atoms. The lowest BCUT2D eigenvalue weighted by molar-refractivity contribution is 0.603. The van der Waals surface area contributed by atoms with Gasteiger partial charge in [0.1, 0.15) is 0 Å². The molecule has 3 rings (SSSR count). The molecule has 0 saturated heterocycles. The molecule has 132 valence electrons. The molecule has 1 aliphatic heterocycles. The van der Waals surface area contributed by atoms with E-state index < -0.39 is 9.84 Å². The Hall–Kier alpha value is -1.77. The summed E-state index contributed by atoms with van der Waals surface area (Å²) in [5, 5.41) is 10.2. The summed E-state index contributed by atoms with van der Waals surface area (Å²) in [6.45, 7) is 4.33. The highest BCUT2D eigenvalue weighted by atomic mass is 32.2.